The summed E-state index contributed by atoms with van der Waals surface area (Å²) in [6, 6.07) is 2.63. The van der Waals surface area contributed by atoms with Crippen LogP contribution in [0.1, 0.15) is 25.8 Å². The fourth-order valence-electron chi connectivity index (χ4n) is 2.12. The van der Waals surface area contributed by atoms with E-state index in [0.29, 0.717) is 15.6 Å². The highest BCUT2D eigenvalue weighted by Crippen LogP contribution is 2.35. The minimum Gasteiger partial charge on any atom is -0.480 e. The highest BCUT2D eigenvalue weighted by Gasteiger charge is 2.40. The predicted molar refractivity (Wildman–Crippen MR) is 90.1 cm³/mol. The molecule has 1 aliphatic rings. The second-order valence-corrected chi connectivity index (χ2v) is 6.99. The van der Waals surface area contributed by atoms with Gasteiger partial charge in [0.1, 0.15) is 10.4 Å². The summed E-state index contributed by atoms with van der Waals surface area (Å²) in [6.07, 6.45) is 5.33. The van der Waals surface area contributed by atoms with Crippen molar-refractivity contribution in [2.24, 2.45) is 5.92 Å². The summed E-state index contributed by atoms with van der Waals surface area (Å²) in [6.45, 7) is 3.83. The molecule has 1 aliphatic heterocycles. The average Bonchev–Trinajstić information content (AvgIpc) is 2.72. The molecule has 1 N–H and O–H groups in total. The third-order valence-corrected chi connectivity index (χ3v) is 4.45. The van der Waals surface area contributed by atoms with Crippen LogP contribution in [0.2, 0.25) is 0 Å². The first-order valence-electron chi connectivity index (χ1n) is 6.80. The van der Waals surface area contributed by atoms with Crippen molar-refractivity contribution in [3.63, 3.8) is 0 Å². The smallest absolute Gasteiger partial charge is 0.326 e. The van der Waals surface area contributed by atoms with Crippen molar-refractivity contribution >= 4 is 46.3 Å². The zero-order valence-electron chi connectivity index (χ0n) is 12.2. The first-order chi connectivity index (χ1) is 10.4. The lowest BCUT2D eigenvalue weighted by molar-refractivity contribution is -0.145. The summed E-state index contributed by atoms with van der Waals surface area (Å²) in [5, 5.41) is 9.40. The van der Waals surface area contributed by atoms with Crippen LogP contribution in [0, 0.1) is 5.92 Å². The molecule has 22 heavy (non-hydrogen) atoms. The standard InChI is InChI=1S/C15H16N2O3S2/c1-9(2)7-11(14(19)20)17-13(18)12(22-15(17)21)8-10-3-5-16-6-4-10/h3-6,8-9,11H,7H2,1-2H3,(H,19,20)/b12-8-. The molecule has 1 saturated heterocycles. The Labute approximate surface area is 138 Å². The summed E-state index contributed by atoms with van der Waals surface area (Å²) in [5.41, 5.74) is 0.825. The van der Waals surface area contributed by atoms with Gasteiger partial charge in [-0.3, -0.25) is 14.7 Å². The molecule has 1 atom stereocenters. The van der Waals surface area contributed by atoms with Gasteiger partial charge < -0.3 is 5.11 Å². The molecular weight excluding hydrogens is 320 g/mol. The number of hydrogen-bond donors (Lipinski definition) is 1. The van der Waals surface area contributed by atoms with E-state index >= 15 is 0 Å². The molecule has 7 heteroatoms. The van der Waals surface area contributed by atoms with E-state index in [1.165, 1.54) is 4.90 Å². The summed E-state index contributed by atoms with van der Waals surface area (Å²) in [4.78, 5) is 29.6. The number of hydrogen-bond acceptors (Lipinski definition) is 5. The Morgan fingerprint density at radius 2 is 2.09 bits per heavy atom. The monoisotopic (exact) mass is 336 g/mol. The van der Waals surface area contributed by atoms with Gasteiger partial charge in [0.2, 0.25) is 0 Å². The van der Waals surface area contributed by atoms with E-state index in [9.17, 15) is 14.7 Å². The first kappa shape index (κ1) is 16.6. The van der Waals surface area contributed by atoms with Gasteiger partial charge in [0, 0.05) is 12.4 Å². The lowest BCUT2D eigenvalue weighted by atomic mass is 10.0. The van der Waals surface area contributed by atoms with Crippen molar-refractivity contribution in [3.8, 4) is 0 Å². The van der Waals surface area contributed by atoms with Crippen molar-refractivity contribution in [1.82, 2.24) is 9.88 Å². The van der Waals surface area contributed by atoms with Crippen LogP contribution in [-0.4, -0.2) is 37.2 Å². The van der Waals surface area contributed by atoms with E-state index in [4.69, 9.17) is 12.2 Å². The van der Waals surface area contributed by atoms with E-state index < -0.39 is 12.0 Å². The van der Waals surface area contributed by atoms with Gasteiger partial charge in [0.05, 0.1) is 4.91 Å². The van der Waals surface area contributed by atoms with Gasteiger partial charge in [0.25, 0.3) is 5.91 Å². The highest BCUT2D eigenvalue weighted by molar-refractivity contribution is 8.26. The molecule has 1 unspecified atom stereocenters. The minimum absolute atomic E-state index is 0.148. The Balaban J connectivity index is 2.28. The fraction of sp³-hybridized carbons (Fsp3) is 0.333. The average molecular weight is 336 g/mol. The van der Waals surface area contributed by atoms with Crippen molar-refractivity contribution < 1.29 is 14.7 Å². The molecule has 1 aromatic rings. The van der Waals surface area contributed by atoms with E-state index in [1.807, 2.05) is 13.8 Å². The molecule has 0 aromatic carbocycles. The maximum absolute atomic E-state index is 12.5. The summed E-state index contributed by atoms with van der Waals surface area (Å²) >= 11 is 6.35. The maximum Gasteiger partial charge on any atom is 0.326 e. The first-order valence-corrected chi connectivity index (χ1v) is 8.02. The van der Waals surface area contributed by atoms with Gasteiger partial charge in [-0.1, -0.05) is 37.8 Å². The van der Waals surface area contributed by atoms with Gasteiger partial charge >= 0.3 is 5.97 Å². The number of pyridine rings is 1. The molecule has 1 aromatic heterocycles. The number of thioether (sulfide) groups is 1. The van der Waals surface area contributed by atoms with E-state index in [0.717, 1.165) is 17.3 Å². The number of nitrogens with zero attached hydrogens (tertiary/aromatic N) is 2. The molecule has 0 radical (unpaired) electrons. The van der Waals surface area contributed by atoms with E-state index in [-0.39, 0.29) is 11.8 Å². The minimum atomic E-state index is -1.03. The zero-order chi connectivity index (χ0) is 16.3. The number of carbonyl (C=O) groups is 2. The Morgan fingerprint density at radius 1 is 1.45 bits per heavy atom. The summed E-state index contributed by atoms with van der Waals surface area (Å²) in [5.74, 6) is -1.23. The Kier molecular flexibility index (Phi) is 5.31. The molecule has 1 fully saturated rings. The van der Waals surface area contributed by atoms with Gasteiger partial charge in [-0.05, 0) is 36.1 Å². The molecule has 116 valence electrons. The maximum atomic E-state index is 12.5. The van der Waals surface area contributed by atoms with Crippen LogP contribution in [0.5, 0.6) is 0 Å². The number of thiocarbonyl (C=S) groups is 1. The van der Waals surface area contributed by atoms with Gasteiger partial charge in [0.15, 0.2) is 0 Å². The number of carbonyl (C=O) groups excluding carboxylic acids is 1. The third-order valence-electron chi connectivity index (χ3n) is 3.12. The lowest BCUT2D eigenvalue weighted by Crippen LogP contribution is -2.44. The van der Waals surface area contributed by atoms with Crippen LogP contribution in [0.15, 0.2) is 29.4 Å². The van der Waals surface area contributed by atoms with Crippen LogP contribution in [0.25, 0.3) is 6.08 Å². The second-order valence-electron chi connectivity index (χ2n) is 5.32. The SMILES string of the molecule is CC(C)CC(C(=O)O)N1C(=O)/C(=C/c2ccncc2)SC1=S. The Morgan fingerprint density at radius 3 is 2.64 bits per heavy atom. The molecular formula is C15H16N2O3S2. The van der Waals surface area contributed by atoms with Crippen molar-refractivity contribution in [3.05, 3.63) is 35.0 Å². The number of aromatic nitrogens is 1. The van der Waals surface area contributed by atoms with Crippen LogP contribution >= 0.6 is 24.0 Å². The normalized spacial score (nSPS) is 18.3. The predicted octanol–water partition coefficient (Wildman–Crippen LogP) is 2.78. The van der Waals surface area contributed by atoms with Crippen LogP contribution in [0.4, 0.5) is 0 Å². The number of rotatable bonds is 5. The topological polar surface area (TPSA) is 70.5 Å². The molecule has 2 heterocycles. The molecule has 1 amide bonds. The Bertz CT molecular complexity index is 629. The van der Waals surface area contributed by atoms with E-state index in [2.05, 4.69) is 4.98 Å². The molecule has 0 bridgehead atoms. The number of amides is 1. The number of aliphatic carboxylic acids is 1. The highest BCUT2D eigenvalue weighted by atomic mass is 32.2. The van der Waals surface area contributed by atoms with Crippen molar-refractivity contribution in [1.29, 1.82) is 0 Å². The van der Waals surface area contributed by atoms with E-state index in [1.54, 1.807) is 30.6 Å². The van der Waals surface area contributed by atoms with Gasteiger partial charge in [-0.15, -0.1) is 0 Å². The van der Waals surface area contributed by atoms with Crippen LogP contribution < -0.4 is 0 Å². The molecule has 0 aliphatic carbocycles. The number of carboxylic acid groups (broad SMARTS) is 1. The third kappa shape index (κ3) is 3.72. The van der Waals surface area contributed by atoms with Gasteiger partial charge in [-0.25, -0.2) is 4.79 Å². The molecule has 0 spiro atoms. The lowest BCUT2D eigenvalue weighted by Gasteiger charge is -2.24. The number of carboxylic acids is 1. The van der Waals surface area contributed by atoms with Crippen molar-refractivity contribution in [2.75, 3.05) is 0 Å². The van der Waals surface area contributed by atoms with Crippen LogP contribution in [-0.2, 0) is 9.59 Å². The Hall–Kier alpha value is -1.73. The zero-order valence-corrected chi connectivity index (χ0v) is 13.9. The molecule has 0 saturated carbocycles. The molecule has 5 nitrogen and oxygen atoms in total. The molecule has 2 rings (SSSR count). The van der Waals surface area contributed by atoms with Crippen molar-refractivity contribution in [2.45, 2.75) is 26.3 Å². The van der Waals surface area contributed by atoms with Gasteiger partial charge in [-0.2, -0.15) is 0 Å². The second kappa shape index (κ2) is 7.02. The summed E-state index contributed by atoms with van der Waals surface area (Å²) in [7, 11) is 0. The largest absolute Gasteiger partial charge is 0.480 e. The quantitative estimate of drug-likeness (QED) is 0.658. The fourth-order valence-corrected chi connectivity index (χ4v) is 3.48. The van der Waals surface area contributed by atoms with Crippen LogP contribution in [0.3, 0.4) is 0 Å². The summed E-state index contributed by atoms with van der Waals surface area (Å²) < 4.78 is 0.290.